The molecule has 0 aliphatic heterocycles. The summed E-state index contributed by atoms with van der Waals surface area (Å²) >= 11 is 3.27. The minimum atomic E-state index is -0.451. The second-order valence-electron chi connectivity index (χ2n) is 4.19. The van der Waals surface area contributed by atoms with E-state index in [1.54, 1.807) is 30.3 Å². The first-order valence-corrected chi connectivity index (χ1v) is 7.05. The Morgan fingerprint density at radius 2 is 1.90 bits per heavy atom. The number of nitrogens with two attached hydrogens (primary N) is 1. The molecule has 0 bridgehead atoms. The normalized spacial score (nSPS) is 10.3. The largest absolute Gasteiger partial charge is 0.491 e. The highest BCUT2D eigenvalue weighted by Crippen LogP contribution is 2.36. The Hall–Kier alpha value is -1.75. The third kappa shape index (κ3) is 3.42. The van der Waals surface area contributed by atoms with Crippen molar-refractivity contribution in [2.75, 3.05) is 12.3 Å². The van der Waals surface area contributed by atoms with E-state index in [1.807, 2.05) is 6.92 Å². The van der Waals surface area contributed by atoms with Crippen LogP contribution in [0.3, 0.4) is 0 Å². The number of hydrogen-bond donors (Lipinski definition) is 1. The first-order valence-electron chi connectivity index (χ1n) is 6.26. The minimum Gasteiger partial charge on any atom is -0.491 e. The lowest BCUT2D eigenvalue weighted by Crippen LogP contribution is -2.01. The van der Waals surface area contributed by atoms with Gasteiger partial charge in [0.2, 0.25) is 0 Å². The molecule has 0 fully saturated rings. The van der Waals surface area contributed by atoms with Crippen LogP contribution >= 0.6 is 15.9 Å². The van der Waals surface area contributed by atoms with Crippen LogP contribution in [0.2, 0.25) is 0 Å². The van der Waals surface area contributed by atoms with Gasteiger partial charge < -0.3 is 15.2 Å². The molecule has 2 rings (SSSR count). The molecule has 0 amide bonds. The van der Waals surface area contributed by atoms with E-state index in [1.165, 1.54) is 6.07 Å². The van der Waals surface area contributed by atoms with E-state index in [9.17, 15) is 4.39 Å². The topological polar surface area (TPSA) is 44.5 Å². The quantitative estimate of drug-likeness (QED) is 0.799. The average molecular weight is 340 g/mol. The Balaban J connectivity index is 2.27. The van der Waals surface area contributed by atoms with Gasteiger partial charge in [0.25, 0.3) is 0 Å². The summed E-state index contributed by atoms with van der Waals surface area (Å²) in [5.41, 5.74) is 6.34. The van der Waals surface area contributed by atoms with Gasteiger partial charge in [-0.2, -0.15) is 0 Å². The van der Waals surface area contributed by atoms with Crippen LogP contribution in [0.1, 0.15) is 13.3 Å². The van der Waals surface area contributed by atoms with Gasteiger partial charge in [-0.25, -0.2) is 4.39 Å². The Kier molecular flexibility index (Phi) is 4.84. The van der Waals surface area contributed by atoms with E-state index in [0.717, 1.165) is 10.9 Å². The van der Waals surface area contributed by atoms with Crippen LogP contribution in [0.25, 0.3) is 0 Å². The summed E-state index contributed by atoms with van der Waals surface area (Å²) in [5, 5.41) is 0. The van der Waals surface area contributed by atoms with Crippen LogP contribution in [0, 0.1) is 5.82 Å². The molecule has 0 saturated heterocycles. The van der Waals surface area contributed by atoms with Gasteiger partial charge in [-0.1, -0.05) is 28.9 Å². The summed E-state index contributed by atoms with van der Waals surface area (Å²) in [5.74, 6) is 0.571. The van der Waals surface area contributed by atoms with E-state index in [-0.39, 0.29) is 5.75 Å². The summed E-state index contributed by atoms with van der Waals surface area (Å²) in [6.45, 7) is 2.58. The molecule has 0 atom stereocenters. The van der Waals surface area contributed by atoms with Crippen molar-refractivity contribution in [2.24, 2.45) is 0 Å². The first kappa shape index (κ1) is 14.7. The molecular formula is C15H15BrFNO2. The molecule has 106 valence electrons. The van der Waals surface area contributed by atoms with Gasteiger partial charge in [0, 0.05) is 4.47 Å². The zero-order chi connectivity index (χ0) is 14.5. The van der Waals surface area contributed by atoms with Gasteiger partial charge in [-0.3, -0.25) is 0 Å². The van der Waals surface area contributed by atoms with Crippen LogP contribution in [0.15, 0.2) is 40.9 Å². The predicted molar refractivity (Wildman–Crippen MR) is 80.8 cm³/mol. The lowest BCUT2D eigenvalue weighted by atomic mass is 10.2. The summed E-state index contributed by atoms with van der Waals surface area (Å²) in [6, 6.07) is 9.67. The monoisotopic (exact) mass is 339 g/mol. The van der Waals surface area contributed by atoms with E-state index >= 15 is 0 Å². The predicted octanol–water partition coefficient (Wildman–Crippen LogP) is 4.75. The standard InChI is InChI=1S/C15H15BrFNO2/c1-2-8-19-12-4-3-5-13(15(12)18)20-14-9-10(16)6-7-11(14)17/h3-7,9H,2,8,18H2,1H3. The van der Waals surface area contributed by atoms with Crippen LogP contribution in [-0.4, -0.2) is 6.61 Å². The number of anilines is 1. The van der Waals surface area contributed by atoms with E-state index in [2.05, 4.69) is 15.9 Å². The van der Waals surface area contributed by atoms with Crippen molar-refractivity contribution in [1.29, 1.82) is 0 Å². The first-order chi connectivity index (χ1) is 9.61. The maximum absolute atomic E-state index is 13.7. The fourth-order valence-electron chi connectivity index (χ4n) is 1.62. The van der Waals surface area contributed by atoms with Crippen molar-refractivity contribution in [1.82, 2.24) is 0 Å². The smallest absolute Gasteiger partial charge is 0.165 e. The number of para-hydroxylation sites is 1. The number of hydrogen-bond acceptors (Lipinski definition) is 3. The zero-order valence-corrected chi connectivity index (χ0v) is 12.6. The highest BCUT2D eigenvalue weighted by molar-refractivity contribution is 9.10. The molecule has 20 heavy (non-hydrogen) atoms. The lowest BCUT2D eigenvalue weighted by molar-refractivity contribution is 0.317. The number of rotatable bonds is 5. The van der Waals surface area contributed by atoms with Crippen molar-refractivity contribution in [3.05, 3.63) is 46.7 Å². The maximum atomic E-state index is 13.7. The van der Waals surface area contributed by atoms with Gasteiger partial charge in [0.1, 0.15) is 11.4 Å². The Morgan fingerprint density at radius 3 is 2.65 bits per heavy atom. The summed E-state index contributed by atoms with van der Waals surface area (Å²) in [7, 11) is 0. The zero-order valence-electron chi connectivity index (χ0n) is 11.0. The summed E-state index contributed by atoms with van der Waals surface area (Å²) in [6.07, 6.45) is 0.880. The Labute approximate surface area is 125 Å². The van der Waals surface area contributed by atoms with Crippen LogP contribution in [0.5, 0.6) is 17.2 Å². The SMILES string of the molecule is CCCOc1cccc(Oc2cc(Br)ccc2F)c1N. The van der Waals surface area contributed by atoms with Crippen molar-refractivity contribution >= 4 is 21.6 Å². The fourth-order valence-corrected chi connectivity index (χ4v) is 1.96. The Morgan fingerprint density at radius 1 is 1.15 bits per heavy atom. The van der Waals surface area contributed by atoms with E-state index < -0.39 is 5.82 Å². The molecule has 0 aliphatic carbocycles. The van der Waals surface area contributed by atoms with Crippen LogP contribution < -0.4 is 15.2 Å². The number of halogens is 2. The van der Waals surface area contributed by atoms with Gasteiger partial charge in [-0.15, -0.1) is 0 Å². The molecule has 0 radical (unpaired) electrons. The van der Waals surface area contributed by atoms with Crippen molar-refractivity contribution < 1.29 is 13.9 Å². The molecule has 0 aliphatic rings. The van der Waals surface area contributed by atoms with Crippen molar-refractivity contribution in [3.63, 3.8) is 0 Å². The van der Waals surface area contributed by atoms with Crippen molar-refractivity contribution in [3.8, 4) is 17.2 Å². The number of benzene rings is 2. The van der Waals surface area contributed by atoms with Gasteiger partial charge >= 0.3 is 0 Å². The minimum absolute atomic E-state index is 0.110. The molecule has 0 unspecified atom stereocenters. The van der Waals surface area contributed by atoms with Gasteiger partial charge in [0.05, 0.1) is 6.61 Å². The van der Waals surface area contributed by atoms with E-state index in [4.69, 9.17) is 15.2 Å². The molecule has 2 aromatic rings. The molecule has 3 nitrogen and oxygen atoms in total. The molecule has 0 aromatic heterocycles. The fraction of sp³-hybridized carbons (Fsp3) is 0.200. The van der Waals surface area contributed by atoms with Gasteiger partial charge in [-0.05, 0) is 36.8 Å². The maximum Gasteiger partial charge on any atom is 0.165 e. The highest BCUT2D eigenvalue weighted by atomic mass is 79.9. The number of nitrogen functional groups attached to an aromatic ring is 1. The molecular weight excluding hydrogens is 325 g/mol. The molecule has 0 saturated carbocycles. The Bertz CT molecular complexity index is 604. The van der Waals surface area contributed by atoms with Crippen molar-refractivity contribution in [2.45, 2.75) is 13.3 Å². The third-order valence-electron chi connectivity index (χ3n) is 2.60. The second-order valence-corrected chi connectivity index (χ2v) is 5.11. The molecule has 2 N–H and O–H groups in total. The summed E-state index contributed by atoms with van der Waals surface area (Å²) in [4.78, 5) is 0. The summed E-state index contributed by atoms with van der Waals surface area (Å²) < 4.78 is 25.4. The molecule has 2 aromatic carbocycles. The van der Waals surface area contributed by atoms with Gasteiger partial charge in [0.15, 0.2) is 17.3 Å². The van der Waals surface area contributed by atoms with Crippen LogP contribution in [0.4, 0.5) is 10.1 Å². The molecule has 0 heterocycles. The molecule has 5 heteroatoms. The van der Waals surface area contributed by atoms with Crippen LogP contribution in [-0.2, 0) is 0 Å². The molecule has 0 spiro atoms. The lowest BCUT2D eigenvalue weighted by Gasteiger charge is -2.13. The average Bonchev–Trinajstić information content (AvgIpc) is 2.44. The number of ether oxygens (including phenoxy) is 2. The second kappa shape index (κ2) is 6.61. The van der Waals surface area contributed by atoms with E-state index in [0.29, 0.717) is 23.8 Å². The highest BCUT2D eigenvalue weighted by Gasteiger charge is 2.11. The third-order valence-corrected chi connectivity index (χ3v) is 3.09.